The fraction of sp³-hybridized carbons (Fsp3) is 0.950. The van der Waals surface area contributed by atoms with Gasteiger partial charge in [0.15, 0.2) is 0 Å². The molecule has 3 fully saturated rings. The van der Waals surface area contributed by atoms with Crippen molar-refractivity contribution in [1.82, 2.24) is 14.7 Å². The van der Waals surface area contributed by atoms with Gasteiger partial charge in [0, 0.05) is 39.1 Å². The Balaban J connectivity index is 1.46. The van der Waals surface area contributed by atoms with Gasteiger partial charge in [0.25, 0.3) is 0 Å². The summed E-state index contributed by atoms with van der Waals surface area (Å²) < 4.78 is 0. The molecule has 2 heterocycles. The van der Waals surface area contributed by atoms with Gasteiger partial charge in [-0.1, -0.05) is 19.3 Å². The summed E-state index contributed by atoms with van der Waals surface area (Å²) in [6.45, 7) is 9.69. The first-order valence-corrected chi connectivity index (χ1v) is 10.4. The van der Waals surface area contributed by atoms with E-state index >= 15 is 0 Å². The smallest absolute Gasteiger partial charge is 0.219 e. The molecule has 0 radical (unpaired) electrons. The van der Waals surface area contributed by atoms with E-state index in [9.17, 15) is 4.79 Å². The molecule has 3 aliphatic rings. The fourth-order valence-electron chi connectivity index (χ4n) is 4.98. The summed E-state index contributed by atoms with van der Waals surface area (Å²) in [6.07, 6.45) is 12.3. The third kappa shape index (κ3) is 5.19. The van der Waals surface area contributed by atoms with Crippen molar-refractivity contribution >= 4 is 5.91 Å². The van der Waals surface area contributed by atoms with Crippen LogP contribution in [0.1, 0.15) is 64.7 Å². The molecule has 1 amide bonds. The summed E-state index contributed by atoms with van der Waals surface area (Å²) >= 11 is 0. The van der Waals surface area contributed by atoms with Crippen LogP contribution in [0.15, 0.2) is 0 Å². The minimum absolute atomic E-state index is 0.269. The predicted octanol–water partition coefficient (Wildman–Crippen LogP) is 2.98. The Bertz CT molecular complexity index is 388. The van der Waals surface area contributed by atoms with Crippen molar-refractivity contribution in [2.45, 2.75) is 70.8 Å². The predicted molar refractivity (Wildman–Crippen MR) is 99.1 cm³/mol. The number of hydrogen-bond acceptors (Lipinski definition) is 3. The van der Waals surface area contributed by atoms with Crippen LogP contribution in [0.25, 0.3) is 0 Å². The van der Waals surface area contributed by atoms with Gasteiger partial charge in [0.05, 0.1) is 0 Å². The highest BCUT2D eigenvalue weighted by Gasteiger charge is 2.29. The normalized spacial score (nSPS) is 27.5. The summed E-state index contributed by atoms with van der Waals surface area (Å²) in [5, 5.41) is 0. The molecule has 0 aromatic heterocycles. The molecule has 3 rings (SSSR count). The average Bonchev–Trinajstić information content (AvgIpc) is 3.14. The SMILES string of the molecule is CC(=O)N(CCN1CCCCC1)C[C@H]1CCCN(C2CCCC2)C1. The molecule has 138 valence electrons. The van der Waals surface area contributed by atoms with Crippen molar-refractivity contribution in [3.8, 4) is 0 Å². The summed E-state index contributed by atoms with van der Waals surface area (Å²) in [7, 11) is 0. The Morgan fingerprint density at radius 1 is 0.958 bits per heavy atom. The standard InChI is InChI=1S/C20H37N3O/c1-18(24)22(15-14-21-11-5-2-6-12-21)16-19-8-7-13-23(17-19)20-9-3-4-10-20/h19-20H,2-17H2,1H3/t19-/m1/s1. The highest BCUT2D eigenvalue weighted by molar-refractivity contribution is 5.73. The second-order valence-corrected chi connectivity index (χ2v) is 8.31. The van der Waals surface area contributed by atoms with Crippen LogP contribution >= 0.6 is 0 Å². The molecule has 0 N–H and O–H groups in total. The Morgan fingerprint density at radius 3 is 2.42 bits per heavy atom. The van der Waals surface area contributed by atoms with Crippen molar-refractivity contribution in [3.05, 3.63) is 0 Å². The number of carbonyl (C=O) groups excluding carboxylic acids is 1. The number of likely N-dealkylation sites (tertiary alicyclic amines) is 2. The molecule has 24 heavy (non-hydrogen) atoms. The summed E-state index contributed by atoms with van der Waals surface area (Å²) in [6, 6.07) is 0.840. The van der Waals surface area contributed by atoms with Gasteiger partial charge < -0.3 is 14.7 Å². The van der Waals surface area contributed by atoms with E-state index in [0.29, 0.717) is 5.92 Å². The van der Waals surface area contributed by atoms with E-state index in [1.165, 1.54) is 84.0 Å². The maximum atomic E-state index is 12.1. The number of piperidine rings is 2. The van der Waals surface area contributed by atoms with Crippen LogP contribution in [-0.4, -0.2) is 72.5 Å². The van der Waals surface area contributed by atoms with Crippen LogP contribution in [-0.2, 0) is 4.79 Å². The molecule has 0 spiro atoms. The molecular formula is C20H37N3O. The molecule has 0 aromatic carbocycles. The van der Waals surface area contributed by atoms with Gasteiger partial charge in [-0.25, -0.2) is 0 Å². The Kier molecular flexibility index (Phi) is 6.96. The molecule has 4 nitrogen and oxygen atoms in total. The van der Waals surface area contributed by atoms with Gasteiger partial charge in [0.2, 0.25) is 5.91 Å². The van der Waals surface area contributed by atoms with Crippen LogP contribution in [0.4, 0.5) is 0 Å². The van der Waals surface area contributed by atoms with Gasteiger partial charge in [-0.2, -0.15) is 0 Å². The minimum atomic E-state index is 0.269. The van der Waals surface area contributed by atoms with Gasteiger partial charge in [0.1, 0.15) is 0 Å². The maximum Gasteiger partial charge on any atom is 0.219 e. The van der Waals surface area contributed by atoms with E-state index in [2.05, 4.69) is 14.7 Å². The third-order valence-corrected chi connectivity index (χ3v) is 6.45. The van der Waals surface area contributed by atoms with E-state index in [0.717, 1.165) is 25.7 Å². The van der Waals surface area contributed by atoms with Gasteiger partial charge in [-0.05, 0) is 64.1 Å². The fourth-order valence-corrected chi connectivity index (χ4v) is 4.98. The highest BCUT2D eigenvalue weighted by Crippen LogP contribution is 2.28. The van der Waals surface area contributed by atoms with Crippen LogP contribution in [0.2, 0.25) is 0 Å². The highest BCUT2D eigenvalue weighted by atomic mass is 16.2. The van der Waals surface area contributed by atoms with E-state index in [4.69, 9.17) is 0 Å². The zero-order chi connectivity index (χ0) is 16.8. The van der Waals surface area contributed by atoms with Crippen LogP contribution in [0.3, 0.4) is 0 Å². The largest absolute Gasteiger partial charge is 0.341 e. The van der Waals surface area contributed by atoms with Crippen LogP contribution in [0.5, 0.6) is 0 Å². The minimum Gasteiger partial charge on any atom is -0.341 e. The number of rotatable bonds is 6. The first-order valence-electron chi connectivity index (χ1n) is 10.4. The second kappa shape index (κ2) is 9.19. The van der Waals surface area contributed by atoms with Crippen molar-refractivity contribution in [2.24, 2.45) is 5.92 Å². The Hall–Kier alpha value is -0.610. The molecule has 0 aromatic rings. The topological polar surface area (TPSA) is 26.8 Å². The van der Waals surface area contributed by atoms with Crippen molar-refractivity contribution < 1.29 is 4.79 Å². The maximum absolute atomic E-state index is 12.1. The average molecular weight is 336 g/mol. The Morgan fingerprint density at radius 2 is 1.71 bits per heavy atom. The second-order valence-electron chi connectivity index (χ2n) is 8.31. The molecule has 0 bridgehead atoms. The third-order valence-electron chi connectivity index (χ3n) is 6.45. The summed E-state index contributed by atoms with van der Waals surface area (Å²) in [5.41, 5.74) is 0. The molecule has 0 unspecified atom stereocenters. The van der Waals surface area contributed by atoms with Gasteiger partial charge >= 0.3 is 0 Å². The molecule has 1 saturated carbocycles. The molecular weight excluding hydrogens is 298 g/mol. The zero-order valence-electron chi connectivity index (χ0n) is 15.7. The zero-order valence-corrected chi connectivity index (χ0v) is 15.7. The number of hydrogen-bond donors (Lipinski definition) is 0. The number of nitrogens with zero attached hydrogens (tertiary/aromatic N) is 3. The quantitative estimate of drug-likeness (QED) is 0.747. The molecule has 4 heteroatoms. The molecule has 2 saturated heterocycles. The molecule has 2 aliphatic heterocycles. The van der Waals surface area contributed by atoms with E-state index in [1.54, 1.807) is 6.92 Å². The van der Waals surface area contributed by atoms with Crippen molar-refractivity contribution in [2.75, 3.05) is 45.8 Å². The van der Waals surface area contributed by atoms with Gasteiger partial charge in [-0.15, -0.1) is 0 Å². The molecule has 1 aliphatic carbocycles. The summed E-state index contributed by atoms with van der Waals surface area (Å²) in [5.74, 6) is 0.953. The van der Waals surface area contributed by atoms with Crippen LogP contribution in [0, 0.1) is 5.92 Å². The van der Waals surface area contributed by atoms with Crippen molar-refractivity contribution in [3.63, 3.8) is 0 Å². The van der Waals surface area contributed by atoms with E-state index in [1.807, 2.05) is 0 Å². The summed E-state index contributed by atoms with van der Waals surface area (Å²) in [4.78, 5) is 19.5. The first-order chi connectivity index (χ1) is 11.7. The lowest BCUT2D eigenvalue weighted by Gasteiger charge is -2.39. The Labute approximate surface area is 148 Å². The monoisotopic (exact) mass is 335 g/mol. The van der Waals surface area contributed by atoms with Gasteiger partial charge in [-0.3, -0.25) is 4.79 Å². The first kappa shape index (κ1) is 18.2. The lowest BCUT2D eigenvalue weighted by Crippen LogP contribution is -2.47. The van der Waals surface area contributed by atoms with Crippen LogP contribution < -0.4 is 0 Å². The van der Waals surface area contributed by atoms with E-state index < -0.39 is 0 Å². The number of amides is 1. The number of carbonyl (C=O) groups is 1. The van der Waals surface area contributed by atoms with Crippen molar-refractivity contribution in [1.29, 1.82) is 0 Å². The lowest BCUT2D eigenvalue weighted by molar-refractivity contribution is -0.130. The van der Waals surface area contributed by atoms with E-state index in [-0.39, 0.29) is 5.91 Å². The molecule has 1 atom stereocenters. The lowest BCUT2D eigenvalue weighted by atomic mass is 9.95.